The van der Waals surface area contributed by atoms with Gasteiger partial charge < -0.3 is 4.74 Å². The summed E-state index contributed by atoms with van der Waals surface area (Å²) >= 11 is 0. The maximum absolute atomic E-state index is 13.4. The first kappa shape index (κ1) is 11.4. The van der Waals surface area contributed by atoms with E-state index in [0.29, 0.717) is 0 Å². The number of hydrogen-bond donors (Lipinski definition) is 0. The van der Waals surface area contributed by atoms with Crippen molar-refractivity contribution >= 4 is 15.8 Å². The minimum absolute atomic E-state index is 0.131. The first-order valence-corrected chi connectivity index (χ1v) is 6.07. The third kappa shape index (κ3) is 1.89. The average molecular weight is 224 g/mol. The van der Waals surface area contributed by atoms with Crippen molar-refractivity contribution in [3.8, 4) is 0 Å². The predicted molar refractivity (Wildman–Crippen MR) is 48.3 cm³/mol. The van der Waals surface area contributed by atoms with Gasteiger partial charge in [-0.3, -0.25) is 4.79 Å². The summed E-state index contributed by atoms with van der Waals surface area (Å²) in [6.07, 6.45) is -1.58. The van der Waals surface area contributed by atoms with Gasteiger partial charge in [-0.15, -0.1) is 0 Å². The first-order valence-electron chi connectivity index (χ1n) is 4.25. The van der Waals surface area contributed by atoms with Gasteiger partial charge in [0, 0.05) is 0 Å². The molecule has 14 heavy (non-hydrogen) atoms. The third-order valence-electron chi connectivity index (χ3n) is 2.55. The number of carbonyl (C=O) groups is 1. The number of alkyl halides is 1. The van der Waals surface area contributed by atoms with Crippen molar-refractivity contribution in [3.63, 3.8) is 0 Å². The molecular formula is C8H13FO4S. The number of esters is 1. The second-order valence-corrected chi connectivity index (χ2v) is 5.94. The lowest BCUT2D eigenvalue weighted by atomic mass is 9.85. The first-order chi connectivity index (χ1) is 6.32. The van der Waals surface area contributed by atoms with Crippen LogP contribution in [0.1, 0.15) is 13.3 Å². The van der Waals surface area contributed by atoms with Crippen molar-refractivity contribution in [2.24, 2.45) is 5.41 Å². The highest BCUT2D eigenvalue weighted by atomic mass is 32.2. The zero-order valence-corrected chi connectivity index (χ0v) is 8.93. The van der Waals surface area contributed by atoms with E-state index in [2.05, 4.69) is 4.74 Å². The highest BCUT2D eigenvalue weighted by Crippen LogP contribution is 2.34. The van der Waals surface area contributed by atoms with Gasteiger partial charge in [-0.1, -0.05) is 0 Å². The number of ether oxygens (including phenoxy) is 1. The van der Waals surface area contributed by atoms with E-state index >= 15 is 0 Å². The second kappa shape index (κ2) is 3.49. The van der Waals surface area contributed by atoms with Crippen LogP contribution in [0.2, 0.25) is 0 Å². The molecule has 0 saturated carbocycles. The topological polar surface area (TPSA) is 60.4 Å². The lowest BCUT2D eigenvalue weighted by molar-refractivity contribution is -0.154. The molecule has 0 aromatic carbocycles. The van der Waals surface area contributed by atoms with Crippen molar-refractivity contribution in [1.82, 2.24) is 0 Å². The Hall–Kier alpha value is -0.650. The summed E-state index contributed by atoms with van der Waals surface area (Å²) in [7, 11) is -2.19. The fourth-order valence-corrected chi connectivity index (χ4v) is 3.56. The molecule has 1 fully saturated rings. The van der Waals surface area contributed by atoms with E-state index in [-0.39, 0.29) is 12.2 Å². The Kier molecular flexibility index (Phi) is 2.85. The van der Waals surface area contributed by atoms with Crippen LogP contribution in [0.5, 0.6) is 0 Å². The summed E-state index contributed by atoms with van der Waals surface area (Å²) in [4.78, 5) is 11.3. The van der Waals surface area contributed by atoms with E-state index in [1.54, 1.807) is 0 Å². The lowest BCUT2D eigenvalue weighted by Crippen LogP contribution is -2.48. The monoisotopic (exact) mass is 224 g/mol. The van der Waals surface area contributed by atoms with Crippen molar-refractivity contribution in [1.29, 1.82) is 0 Å². The Morgan fingerprint density at radius 2 is 2.14 bits per heavy atom. The van der Waals surface area contributed by atoms with E-state index in [9.17, 15) is 17.6 Å². The van der Waals surface area contributed by atoms with Gasteiger partial charge in [-0.2, -0.15) is 0 Å². The van der Waals surface area contributed by atoms with Crippen molar-refractivity contribution in [2.45, 2.75) is 19.5 Å². The van der Waals surface area contributed by atoms with Crippen LogP contribution in [0.3, 0.4) is 0 Å². The predicted octanol–water partition coefficient (Wildman–Crippen LogP) is 0.322. The molecule has 0 aromatic heterocycles. The standard InChI is InChI=1S/C8H13FO4S/c1-8(7(10)13-2)5-14(11,12)4-3-6(8)9/h6H,3-5H2,1-2H3. The fourth-order valence-electron chi connectivity index (χ4n) is 1.64. The van der Waals surface area contributed by atoms with Crippen molar-refractivity contribution in [2.75, 3.05) is 18.6 Å². The van der Waals surface area contributed by atoms with Gasteiger partial charge in [-0.25, -0.2) is 12.8 Å². The van der Waals surface area contributed by atoms with E-state index in [1.807, 2.05) is 0 Å². The minimum Gasteiger partial charge on any atom is -0.468 e. The van der Waals surface area contributed by atoms with Crippen LogP contribution in [0.15, 0.2) is 0 Å². The highest BCUT2D eigenvalue weighted by molar-refractivity contribution is 7.91. The average Bonchev–Trinajstić information content (AvgIpc) is 2.10. The Labute approximate surface area is 82.4 Å². The van der Waals surface area contributed by atoms with Crippen LogP contribution in [-0.4, -0.2) is 39.2 Å². The van der Waals surface area contributed by atoms with Gasteiger partial charge in [0.05, 0.1) is 18.6 Å². The van der Waals surface area contributed by atoms with Crippen LogP contribution in [-0.2, 0) is 19.4 Å². The van der Waals surface area contributed by atoms with Gasteiger partial charge in [0.15, 0.2) is 9.84 Å². The highest BCUT2D eigenvalue weighted by Gasteiger charge is 2.49. The fraction of sp³-hybridized carbons (Fsp3) is 0.875. The zero-order chi connectivity index (χ0) is 11.0. The number of methoxy groups -OCH3 is 1. The summed E-state index contributed by atoms with van der Waals surface area (Å²) < 4.78 is 40.4. The molecule has 0 bridgehead atoms. The molecule has 1 heterocycles. The molecule has 0 aromatic rings. The Morgan fingerprint density at radius 3 is 2.64 bits per heavy atom. The zero-order valence-electron chi connectivity index (χ0n) is 8.12. The SMILES string of the molecule is COC(=O)C1(C)CS(=O)(=O)CCC1F. The number of rotatable bonds is 1. The van der Waals surface area contributed by atoms with Gasteiger partial charge in [0.2, 0.25) is 0 Å². The van der Waals surface area contributed by atoms with E-state index in [4.69, 9.17) is 0 Å². The van der Waals surface area contributed by atoms with Gasteiger partial charge >= 0.3 is 5.97 Å². The summed E-state index contributed by atoms with van der Waals surface area (Å²) in [5, 5.41) is 0. The summed E-state index contributed by atoms with van der Waals surface area (Å²) in [5.74, 6) is -1.46. The molecule has 2 atom stereocenters. The molecule has 6 heteroatoms. The van der Waals surface area contributed by atoms with Crippen LogP contribution in [0, 0.1) is 5.41 Å². The smallest absolute Gasteiger partial charge is 0.315 e. The summed E-state index contributed by atoms with van der Waals surface area (Å²) in [6.45, 7) is 1.29. The maximum atomic E-state index is 13.4. The normalized spacial score (nSPS) is 36.4. The summed E-state index contributed by atoms with van der Waals surface area (Å²) in [5.41, 5.74) is -1.54. The second-order valence-electron chi connectivity index (χ2n) is 3.76. The molecule has 0 N–H and O–H groups in total. The van der Waals surface area contributed by atoms with Gasteiger partial charge in [0.25, 0.3) is 0 Å². The molecule has 1 saturated heterocycles. The minimum atomic E-state index is -3.32. The van der Waals surface area contributed by atoms with Crippen molar-refractivity contribution < 1.29 is 22.3 Å². The van der Waals surface area contributed by atoms with Crippen molar-refractivity contribution in [3.05, 3.63) is 0 Å². The van der Waals surface area contributed by atoms with Crippen LogP contribution in [0.25, 0.3) is 0 Å². The maximum Gasteiger partial charge on any atom is 0.315 e. The van der Waals surface area contributed by atoms with Crippen LogP contribution in [0.4, 0.5) is 4.39 Å². The van der Waals surface area contributed by atoms with E-state index in [0.717, 1.165) is 7.11 Å². The molecule has 0 spiro atoms. The summed E-state index contributed by atoms with van der Waals surface area (Å²) in [6, 6.07) is 0. The number of hydrogen-bond acceptors (Lipinski definition) is 4. The number of halogens is 1. The molecule has 1 aliphatic rings. The molecule has 1 aliphatic heterocycles. The molecule has 2 unspecified atom stereocenters. The molecule has 0 aliphatic carbocycles. The molecule has 0 amide bonds. The Balaban J connectivity index is 3.00. The third-order valence-corrected chi connectivity index (χ3v) is 4.44. The largest absolute Gasteiger partial charge is 0.468 e. The molecule has 1 rings (SSSR count). The van der Waals surface area contributed by atoms with E-state index in [1.165, 1.54) is 6.92 Å². The molecular weight excluding hydrogens is 211 g/mol. The van der Waals surface area contributed by atoms with Gasteiger partial charge in [-0.05, 0) is 13.3 Å². The molecule has 4 nitrogen and oxygen atoms in total. The quantitative estimate of drug-likeness (QED) is 0.602. The number of sulfone groups is 1. The molecule has 0 radical (unpaired) electrons. The molecule has 82 valence electrons. The Morgan fingerprint density at radius 1 is 1.57 bits per heavy atom. The lowest BCUT2D eigenvalue weighted by Gasteiger charge is -2.33. The number of carbonyl (C=O) groups excluding carboxylic acids is 1. The van der Waals surface area contributed by atoms with E-state index < -0.39 is 33.1 Å². The Bertz CT molecular complexity index is 337. The van der Waals surface area contributed by atoms with Crippen LogP contribution < -0.4 is 0 Å². The van der Waals surface area contributed by atoms with Gasteiger partial charge in [0.1, 0.15) is 11.6 Å². The van der Waals surface area contributed by atoms with Crippen LogP contribution >= 0.6 is 0 Å².